The number of amides is 1. The van der Waals surface area contributed by atoms with Gasteiger partial charge in [0.15, 0.2) is 6.61 Å². The number of aryl methyl sites for hydroxylation is 1. The molecule has 0 radical (unpaired) electrons. The van der Waals surface area contributed by atoms with Crippen LogP contribution in [0.2, 0.25) is 0 Å². The van der Waals surface area contributed by atoms with E-state index in [-0.39, 0.29) is 36.5 Å². The van der Waals surface area contributed by atoms with E-state index in [2.05, 4.69) is 37.8 Å². The quantitative estimate of drug-likeness (QED) is 0.723. The third-order valence-corrected chi connectivity index (χ3v) is 7.00. The number of piperidine rings is 1. The van der Waals surface area contributed by atoms with Crippen LogP contribution in [0.25, 0.3) is 0 Å². The molecule has 5 nitrogen and oxygen atoms in total. The molecule has 1 saturated heterocycles. The van der Waals surface area contributed by atoms with Crippen molar-refractivity contribution in [2.45, 2.75) is 77.0 Å². The molecule has 2 aliphatic heterocycles. The Hall–Kier alpha value is -1.30. The Morgan fingerprint density at radius 3 is 2.52 bits per heavy atom. The third kappa shape index (κ3) is 4.57. The Morgan fingerprint density at radius 2 is 1.86 bits per heavy atom. The largest absolute Gasteiger partial charge is 0.482 e. The number of carbonyl (C=O) groups is 1. The number of nitrogens with zero attached hydrogens (tertiary/aromatic N) is 2. The number of rotatable bonds is 4. The number of ether oxygens (including phenoxy) is 2. The van der Waals surface area contributed by atoms with Gasteiger partial charge in [-0.2, -0.15) is 0 Å². The van der Waals surface area contributed by atoms with Gasteiger partial charge in [0.05, 0.1) is 11.8 Å². The number of halogens is 1. The second kappa shape index (κ2) is 9.23. The molecule has 0 N–H and O–H groups in total. The van der Waals surface area contributed by atoms with Gasteiger partial charge < -0.3 is 14.4 Å². The summed E-state index contributed by atoms with van der Waals surface area (Å²) < 4.78 is 11.5. The van der Waals surface area contributed by atoms with Gasteiger partial charge in [0.2, 0.25) is 0 Å². The van der Waals surface area contributed by atoms with Crippen molar-refractivity contribution >= 4 is 24.0 Å². The molecule has 1 amide bonds. The maximum absolute atomic E-state index is 12.7. The Balaban J connectivity index is 0.00000240. The van der Waals surface area contributed by atoms with E-state index in [0.29, 0.717) is 6.10 Å². The van der Waals surface area contributed by atoms with E-state index in [1.165, 1.54) is 25.7 Å². The van der Waals surface area contributed by atoms with Gasteiger partial charge in [0.1, 0.15) is 5.75 Å². The maximum Gasteiger partial charge on any atom is 0.265 e. The van der Waals surface area contributed by atoms with E-state index in [9.17, 15) is 4.79 Å². The summed E-state index contributed by atoms with van der Waals surface area (Å²) in [6.07, 6.45) is 7.26. The molecule has 6 heteroatoms. The molecule has 1 aromatic carbocycles. The Kier molecular flexibility index (Phi) is 7.13. The van der Waals surface area contributed by atoms with Crippen molar-refractivity contribution in [1.29, 1.82) is 0 Å². The third-order valence-electron chi connectivity index (χ3n) is 7.00. The first-order chi connectivity index (χ1) is 13.5. The van der Waals surface area contributed by atoms with Gasteiger partial charge >= 0.3 is 0 Å². The lowest BCUT2D eigenvalue weighted by molar-refractivity contribution is -0.122. The molecule has 0 aromatic heterocycles. The zero-order valence-corrected chi connectivity index (χ0v) is 18.8. The van der Waals surface area contributed by atoms with Crippen molar-refractivity contribution in [1.82, 2.24) is 4.90 Å². The van der Waals surface area contributed by atoms with Gasteiger partial charge in [-0.05, 0) is 77.0 Å². The molecule has 0 bridgehead atoms. The number of hydrogen-bond acceptors (Lipinski definition) is 4. The van der Waals surface area contributed by atoms with Crippen molar-refractivity contribution in [2.75, 3.05) is 31.2 Å². The standard InChI is InChI=1S/C23H34N2O3.ClH/c1-4-27-19-7-11-23(3,12-8-19)24-13-9-18(10-14-24)25-20-15-17(2)5-6-21(20)28-16-22(25)26;/h5-6,15,18-19H,4,7-14,16H2,1-3H3;1H. The lowest BCUT2D eigenvalue weighted by Crippen LogP contribution is -2.56. The van der Waals surface area contributed by atoms with E-state index in [4.69, 9.17) is 9.47 Å². The molecule has 2 heterocycles. The molecule has 4 rings (SSSR count). The average molecular weight is 423 g/mol. The van der Waals surface area contributed by atoms with E-state index >= 15 is 0 Å². The van der Waals surface area contributed by atoms with E-state index in [0.717, 1.165) is 49.5 Å². The summed E-state index contributed by atoms with van der Waals surface area (Å²) in [5, 5.41) is 0. The molecular formula is C23H35ClN2O3. The predicted octanol–water partition coefficient (Wildman–Crippen LogP) is 4.34. The number of benzene rings is 1. The fraction of sp³-hybridized carbons (Fsp3) is 0.696. The molecule has 0 unspecified atom stereocenters. The second-order valence-electron chi connectivity index (χ2n) is 8.89. The first-order valence-electron chi connectivity index (χ1n) is 10.9. The molecule has 2 fully saturated rings. The van der Waals surface area contributed by atoms with Crippen molar-refractivity contribution in [3.8, 4) is 5.75 Å². The van der Waals surface area contributed by atoms with Gasteiger partial charge in [-0.25, -0.2) is 0 Å². The van der Waals surface area contributed by atoms with E-state index in [1.807, 2.05) is 11.0 Å². The zero-order chi connectivity index (χ0) is 19.7. The molecule has 0 spiro atoms. The van der Waals surface area contributed by atoms with Crippen LogP contribution in [0.3, 0.4) is 0 Å². The fourth-order valence-corrected chi connectivity index (χ4v) is 5.28. The highest BCUT2D eigenvalue weighted by molar-refractivity contribution is 5.98. The second-order valence-corrected chi connectivity index (χ2v) is 8.89. The van der Waals surface area contributed by atoms with Crippen LogP contribution in [-0.2, 0) is 9.53 Å². The van der Waals surface area contributed by atoms with Crippen LogP contribution in [-0.4, -0.2) is 54.8 Å². The number of likely N-dealkylation sites (tertiary alicyclic amines) is 1. The molecule has 3 aliphatic rings. The van der Waals surface area contributed by atoms with Crippen LogP contribution in [0.15, 0.2) is 18.2 Å². The summed E-state index contributed by atoms with van der Waals surface area (Å²) in [6, 6.07) is 6.41. The Bertz CT molecular complexity index is 710. The minimum atomic E-state index is 0. The summed E-state index contributed by atoms with van der Waals surface area (Å²) in [7, 11) is 0. The molecule has 1 aromatic rings. The van der Waals surface area contributed by atoms with Crippen molar-refractivity contribution in [2.24, 2.45) is 0 Å². The molecule has 162 valence electrons. The van der Waals surface area contributed by atoms with Crippen LogP contribution >= 0.6 is 12.4 Å². The van der Waals surface area contributed by atoms with Gasteiger partial charge in [0.25, 0.3) is 5.91 Å². The van der Waals surface area contributed by atoms with Crippen LogP contribution in [0.4, 0.5) is 5.69 Å². The summed E-state index contributed by atoms with van der Waals surface area (Å²) in [5.74, 6) is 0.939. The minimum Gasteiger partial charge on any atom is -0.482 e. The molecule has 1 saturated carbocycles. The lowest BCUT2D eigenvalue weighted by Gasteiger charge is -2.50. The average Bonchev–Trinajstić information content (AvgIpc) is 2.70. The summed E-state index contributed by atoms with van der Waals surface area (Å²) in [5.41, 5.74) is 2.40. The summed E-state index contributed by atoms with van der Waals surface area (Å²) >= 11 is 0. The number of anilines is 1. The van der Waals surface area contributed by atoms with Gasteiger partial charge in [-0.1, -0.05) is 6.07 Å². The van der Waals surface area contributed by atoms with Gasteiger partial charge in [-0.3, -0.25) is 9.69 Å². The molecule has 0 atom stereocenters. The number of fused-ring (bicyclic) bond motifs is 1. The van der Waals surface area contributed by atoms with Crippen molar-refractivity contribution < 1.29 is 14.3 Å². The molecule has 29 heavy (non-hydrogen) atoms. The van der Waals surface area contributed by atoms with Gasteiger partial charge in [0, 0.05) is 31.3 Å². The first-order valence-corrected chi connectivity index (χ1v) is 10.9. The SMILES string of the molecule is CCOC1CCC(C)(N2CCC(N3C(=O)COc4ccc(C)cc43)CC2)CC1.Cl. The highest BCUT2D eigenvalue weighted by Crippen LogP contribution is 2.39. The van der Waals surface area contributed by atoms with Crippen LogP contribution in [0.1, 0.15) is 57.9 Å². The summed E-state index contributed by atoms with van der Waals surface area (Å²) in [6.45, 7) is 9.69. The number of carbonyl (C=O) groups excluding carboxylic acids is 1. The molecular weight excluding hydrogens is 388 g/mol. The van der Waals surface area contributed by atoms with Crippen LogP contribution in [0, 0.1) is 6.92 Å². The van der Waals surface area contributed by atoms with Crippen LogP contribution < -0.4 is 9.64 Å². The minimum absolute atomic E-state index is 0. The topological polar surface area (TPSA) is 42.0 Å². The highest BCUT2D eigenvalue weighted by atomic mass is 35.5. The normalized spacial score (nSPS) is 28.4. The predicted molar refractivity (Wildman–Crippen MR) is 118 cm³/mol. The van der Waals surface area contributed by atoms with E-state index in [1.54, 1.807) is 0 Å². The van der Waals surface area contributed by atoms with E-state index < -0.39 is 0 Å². The van der Waals surface area contributed by atoms with Crippen LogP contribution in [0.5, 0.6) is 5.75 Å². The Morgan fingerprint density at radius 1 is 1.17 bits per heavy atom. The number of hydrogen-bond donors (Lipinski definition) is 0. The highest BCUT2D eigenvalue weighted by Gasteiger charge is 2.40. The first kappa shape index (κ1) is 22.4. The van der Waals surface area contributed by atoms with Crippen molar-refractivity contribution in [3.05, 3.63) is 23.8 Å². The monoisotopic (exact) mass is 422 g/mol. The maximum atomic E-state index is 12.7. The smallest absolute Gasteiger partial charge is 0.265 e. The molecule has 1 aliphatic carbocycles. The summed E-state index contributed by atoms with van der Waals surface area (Å²) in [4.78, 5) is 17.4. The lowest BCUT2D eigenvalue weighted by atomic mass is 9.79. The van der Waals surface area contributed by atoms with Gasteiger partial charge in [-0.15, -0.1) is 12.4 Å². The zero-order valence-electron chi connectivity index (χ0n) is 18.0. The Labute approximate surface area is 181 Å². The fourth-order valence-electron chi connectivity index (χ4n) is 5.28. The van der Waals surface area contributed by atoms with Crippen molar-refractivity contribution in [3.63, 3.8) is 0 Å².